The third-order valence-electron chi connectivity index (χ3n) is 4.81. The van der Waals surface area contributed by atoms with Crippen LogP contribution in [-0.4, -0.2) is 67.7 Å². The monoisotopic (exact) mass is 389 g/mol. The molecule has 1 atom stereocenters. The standard InChI is InChI=1S/C20H28FN5O2/c1-25(2)18-11-19(24-15-23-18)26-9-7-20(27,14-26)13-22-12-16-3-5-17(6-4-16)28-10-8-21/h3-6,11,15,22,27H,7-10,12-14H2,1-2H3/t20-/m0/s1. The molecule has 0 saturated carbocycles. The summed E-state index contributed by atoms with van der Waals surface area (Å²) >= 11 is 0. The molecule has 1 aromatic heterocycles. The normalized spacial score (nSPS) is 19.1. The molecule has 0 amide bonds. The van der Waals surface area contributed by atoms with E-state index in [1.54, 1.807) is 6.33 Å². The summed E-state index contributed by atoms with van der Waals surface area (Å²) in [6.45, 7) is 2.00. The molecule has 3 rings (SSSR count). The number of alkyl halides is 1. The first kappa shape index (κ1) is 20.3. The minimum absolute atomic E-state index is 0.0729. The lowest BCUT2D eigenvalue weighted by Crippen LogP contribution is -2.43. The predicted octanol–water partition coefficient (Wildman–Crippen LogP) is 1.62. The van der Waals surface area contributed by atoms with E-state index < -0.39 is 12.3 Å². The van der Waals surface area contributed by atoms with Crippen LogP contribution in [0, 0.1) is 0 Å². The molecule has 0 spiro atoms. The summed E-state index contributed by atoms with van der Waals surface area (Å²) < 4.78 is 17.4. The first-order valence-electron chi connectivity index (χ1n) is 9.44. The van der Waals surface area contributed by atoms with E-state index in [-0.39, 0.29) is 6.61 Å². The second-order valence-corrected chi connectivity index (χ2v) is 7.31. The quantitative estimate of drug-likeness (QED) is 0.675. The number of rotatable bonds is 9. The van der Waals surface area contributed by atoms with Gasteiger partial charge in [-0.2, -0.15) is 0 Å². The fraction of sp³-hybridized carbons (Fsp3) is 0.500. The number of hydrogen-bond donors (Lipinski definition) is 2. The summed E-state index contributed by atoms with van der Waals surface area (Å²) in [6.07, 6.45) is 2.23. The van der Waals surface area contributed by atoms with Crippen LogP contribution in [0.1, 0.15) is 12.0 Å². The van der Waals surface area contributed by atoms with E-state index in [1.807, 2.05) is 49.3 Å². The van der Waals surface area contributed by atoms with Gasteiger partial charge in [0.2, 0.25) is 0 Å². The number of aromatic nitrogens is 2. The molecule has 0 unspecified atom stereocenters. The molecule has 152 valence electrons. The third-order valence-corrected chi connectivity index (χ3v) is 4.81. The fourth-order valence-corrected chi connectivity index (χ4v) is 3.25. The van der Waals surface area contributed by atoms with E-state index in [0.29, 0.717) is 31.8 Å². The molecule has 28 heavy (non-hydrogen) atoms. The van der Waals surface area contributed by atoms with Crippen LogP contribution in [0.3, 0.4) is 0 Å². The molecule has 7 nitrogen and oxygen atoms in total. The van der Waals surface area contributed by atoms with E-state index >= 15 is 0 Å². The fourth-order valence-electron chi connectivity index (χ4n) is 3.25. The van der Waals surface area contributed by atoms with Crippen molar-refractivity contribution in [3.63, 3.8) is 0 Å². The lowest BCUT2D eigenvalue weighted by molar-refractivity contribution is 0.0626. The van der Waals surface area contributed by atoms with Crippen molar-refractivity contribution in [2.24, 2.45) is 0 Å². The largest absolute Gasteiger partial charge is 0.491 e. The van der Waals surface area contributed by atoms with Crippen molar-refractivity contribution in [1.82, 2.24) is 15.3 Å². The maximum absolute atomic E-state index is 12.1. The first-order valence-corrected chi connectivity index (χ1v) is 9.44. The smallest absolute Gasteiger partial charge is 0.134 e. The number of aliphatic hydroxyl groups is 1. The van der Waals surface area contributed by atoms with Crippen LogP contribution in [0.4, 0.5) is 16.0 Å². The average molecular weight is 389 g/mol. The van der Waals surface area contributed by atoms with Gasteiger partial charge in [0.15, 0.2) is 0 Å². The van der Waals surface area contributed by atoms with Gasteiger partial charge in [0, 0.05) is 46.3 Å². The lowest BCUT2D eigenvalue weighted by atomic mass is 10.0. The number of anilines is 2. The molecular formula is C20H28FN5O2. The average Bonchev–Trinajstić information content (AvgIpc) is 3.10. The van der Waals surface area contributed by atoms with Crippen molar-refractivity contribution in [3.8, 4) is 5.75 Å². The number of hydrogen-bond acceptors (Lipinski definition) is 7. The Balaban J connectivity index is 1.49. The second-order valence-electron chi connectivity index (χ2n) is 7.31. The number of β-amino-alcohol motifs (C(OH)–C–C–N with tert-alkyl or cyclic N) is 1. The summed E-state index contributed by atoms with van der Waals surface area (Å²) in [5.74, 6) is 2.34. The Morgan fingerprint density at radius 2 is 2.07 bits per heavy atom. The summed E-state index contributed by atoms with van der Waals surface area (Å²) in [5, 5.41) is 14.2. The number of nitrogens with one attached hydrogen (secondary N) is 1. The van der Waals surface area contributed by atoms with Gasteiger partial charge in [-0.1, -0.05) is 12.1 Å². The zero-order valence-electron chi connectivity index (χ0n) is 16.4. The van der Waals surface area contributed by atoms with Crippen LogP contribution >= 0.6 is 0 Å². The molecule has 2 aromatic rings. The number of nitrogens with zero attached hydrogens (tertiary/aromatic N) is 4. The van der Waals surface area contributed by atoms with Gasteiger partial charge in [-0.15, -0.1) is 0 Å². The summed E-state index contributed by atoms with van der Waals surface area (Å²) in [4.78, 5) is 12.6. The van der Waals surface area contributed by atoms with E-state index in [9.17, 15) is 9.50 Å². The minimum Gasteiger partial charge on any atom is -0.491 e. The van der Waals surface area contributed by atoms with Crippen molar-refractivity contribution in [3.05, 3.63) is 42.2 Å². The number of halogens is 1. The van der Waals surface area contributed by atoms with Gasteiger partial charge in [-0.3, -0.25) is 0 Å². The van der Waals surface area contributed by atoms with Crippen LogP contribution in [0.25, 0.3) is 0 Å². The van der Waals surface area contributed by atoms with Gasteiger partial charge in [0.1, 0.15) is 37.0 Å². The van der Waals surface area contributed by atoms with Crippen LogP contribution in [0.5, 0.6) is 5.75 Å². The highest BCUT2D eigenvalue weighted by Crippen LogP contribution is 2.26. The van der Waals surface area contributed by atoms with Crippen molar-refractivity contribution in [2.45, 2.75) is 18.6 Å². The first-order chi connectivity index (χ1) is 13.5. The number of benzene rings is 1. The zero-order chi connectivity index (χ0) is 20.0. The molecule has 0 radical (unpaired) electrons. The highest BCUT2D eigenvalue weighted by atomic mass is 19.1. The maximum Gasteiger partial charge on any atom is 0.134 e. The van der Waals surface area contributed by atoms with Crippen molar-refractivity contribution < 1.29 is 14.2 Å². The van der Waals surface area contributed by atoms with Crippen molar-refractivity contribution in [1.29, 1.82) is 0 Å². The molecule has 2 N–H and O–H groups in total. The molecular weight excluding hydrogens is 361 g/mol. The Morgan fingerprint density at radius 3 is 2.79 bits per heavy atom. The van der Waals surface area contributed by atoms with Gasteiger partial charge in [0.25, 0.3) is 0 Å². The topological polar surface area (TPSA) is 73.8 Å². The molecule has 1 aliphatic heterocycles. The van der Waals surface area contributed by atoms with Crippen LogP contribution in [-0.2, 0) is 6.54 Å². The Morgan fingerprint density at radius 1 is 1.29 bits per heavy atom. The molecule has 1 aliphatic rings. The Hall–Kier alpha value is -2.45. The van der Waals surface area contributed by atoms with Crippen molar-refractivity contribution in [2.75, 3.05) is 56.8 Å². The molecule has 1 fully saturated rings. The highest BCUT2D eigenvalue weighted by Gasteiger charge is 2.36. The molecule has 0 bridgehead atoms. The molecule has 1 saturated heterocycles. The zero-order valence-corrected chi connectivity index (χ0v) is 16.4. The summed E-state index contributed by atoms with van der Waals surface area (Å²) in [6, 6.07) is 9.47. The van der Waals surface area contributed by atoms with E-state index in [1.165, 1.54) is 0 Å². The summed E-state index contributed by atoms with van der Waals surface area (Å²) in [5.41, 5.74) is 0.283. The minimum atomic E-state index is -0.798. The van der Waals surface area contributed by atoms with Crippen LogP contribution in [0.2, 0.25) is 0 Å². The third kappa shape index (κ3) is 5.30. The second kappa shape index (κ2) is 9.16. The number of ether oxygens (including phenoxy) is 1. The SMILES string of the molecule is CN(C)c1cc(N2CC[C@](O)(CNCc3ccc(OCCF)cc3)C2)ncn1. The lowest BCUT2D eigenvalue weighted by Gasteiger charge is -2.24. The maximum atomic E-state index is 12.1. The van der Waals surface area contributed by atoms with Crippen LogP contribution in [0.15, 0.2) is 36.7 Å². The van der Waals surface area contributed by atoms with Crippen LogP contribution < -0.4 is 19.9 Å². The highest BCUT2D eigenvalue weighted by molar-refractivity contribution is 5.50. The van der Waals surface area contributed by atoms with Crippen molar-refractivity contribution >= 4 is 11.6 Å². The predicted molar refractivity (Wildman–Crippen MR) is 108 cm³/mol. The summed E-state index contributed by atoms with van der Waals surface area (Å²) in [7, 11) is 3.88. The molecule has 0 aliphatic carbocycles. The van der Waals surface area contributed by atoms with E-state index in [0.717, 1.165) is 23.7 Å². The Bertz CT molecular complexity index is 759. The van der Waals surface area contributed by atoms with E-state index in [2.05, 4.69) is 20.2 Å². The van der Waals surface area contributed by atoms with Gasteiger partial charge in [-0.25, -0.2) is 14.4 Å². The molecule has 1 aromatic carbocycles. The van der Waals surface area contributed by atoms with Gasteiger partial charge in [0.05, 0.1) is 5.60 Å². The molecule has 8 heteroatoms. The van der Waals surface area contributed by atoms with Gasteiger partial charge < -0.3 is 25.0 Å². The van der Waals surface area contributed by atoms with Gasteiger partial charge in [-0.05, 0) is 24.1 Å². The van der Waals surface area contributed by atoms with Gasteiger partial charge >= 0.3 is 0 Å². The molecule has 2 heterocycles. The Labute approximate surface area is 165 Å². The van der Waals surface area contributed by atoms with E-state index in [4.69, 9.17) is 4.74 Å². The Kier molecular flexibility index (Phi) is 6.64.